The predicted molar refractivity (Wildman–Crippen MR) is 239 cm³/mol. The van der Waals surface area contributed by atoms with Crippen molar-refractivity contribution in [2.45, 2.75) is 241 Å². The van der Waals surface area contributed by atoms with E-state index in [9.17, 15) is 9.59 Å². The van der Waals surface area contributed by atoms with Gasteiger partial charge in [-0.05, 0) is 69.6 Å². The standard InChI is InChI=1S/C48H94N4O6/c1-11-21-31-46(28-18-8,32-22-12-2)47(29-19-9,33-23-13-3)48(30-20-10,34-24-14-4)58-41-52-43-42(50(45(52)54)39-56-36-26-16-6)49(38-55-35-25-15-5)44(53)51(43)40-57-37-27-17-7/h42-43H,11-41H2,1-10H3. The molecule has 2 saturated heterocycles. The van der Waals surface area contributed by atoms with Crippen LogP contribution in [-0.4, -0.2) is 96.3 Å². The lowest BCUT2D eigenvalue weighted by atomic mass is 9.46. The normalized spacial score (nSPS) is 19.4. The number of nitrogens with zero attached hydrogens (tertiary/aromatic N) is 4. The molecule has 0 bridgehead atoms. The number of unbranched alkanes of at least 4 members (excludes halogenated alkanes) is 7. The first kappa shape index (κ1) is 52.5. The van der Waals surface area contributed by atoms with Crippen LogP contribution in [0.25, 0.3) is 0 Å². The third-order valence-electron chi connectivity index (χ3n) is 13.5. The molecule has 4 amide bonds. The topological polar surface area (TPSA) is 84.0 Å². The summed E-state index contributed by atoms with van der Waals surface area (Å²) in [6.07, 6.45) is 25.0. The zero-order chi connectivity index (χ0) is 42.9. The van der Waals surface area contributed by atoms with E-state index in [1.165, 1.54) is 51.4 Å². The van der Waals surface area contributed by atoms with Gasteiger partial charge in [0, 0.05) is 25.2 Å². The minimum atomic E-state index is -0.589. The highest BCUT2D eigenvalue weighted by molar-refractivity contribution is 5.85. The molecule has 58 heavy (non-hydrogen) atoms. The maximum atomic E-state index is 15.0. The molecule has 2 fully saturated rings. The van der Waals surface area contributed by atoms with Crippen LogP contribution in [0.1, 0.15) is 223 Å². The number of urea groups is 2. The molecule has 0 radical (unpaired) electrons. The lowest BCUT2D eigenvalue weighted by molar-refractivity contribution is -0.230. The Morgan fingerprint density at radius 1 is 0.397 bits per heavy atom. The van der Waals surface area contributed by atoms with Gasteiger partial charge >= 0.3 is 12.1 Å². The number of hydrogen-bond acceptors (Lipinski definition) is 6. The van der Waals surface area contributed by atoms with Crippen LogP contribution in [-0.2, 0) is 18.9 Å². The Hall–Kier alpha value is -1.62. The number of fused-ring (bicyclic) bond motifs is 1. The molecule has 10 nitrogen and oxygen atoms in total. The van der Waals surface area contributed by atoms with Crippen molar-refractivity contribution in [2.75, 3.05) is 46.7 Å². The van der Waals surface area contributed by atoms with Crippen LogP contribution in [0.4, 0.5) is 9.59 Å². The van der Waals surface area contributed by atoms with E-state index in [-0.39, 0.29) is 49.8 Å². The fourth-order valence-corrected chi connectivity index (χ4v) is 10.6. The van der Waals surface area contributed by atoms with Crippen LogP contribution in [0.3, 0.4) is 0 Å². The number of ether oxygens (including phenoxy) is 4. The fourth-order valence-electron chi connectivity index (χ4n) is 10.6. The van der Waals surface area contributed by atoms with Gasteiger partial charge in [-0.25, -0.2) is 9.59 Å². The molecule has 4 unspecified atom stereocenters. The van der Waals surface area contributed by atoms with E-state index in [4.69, 9.17) is 18.9 Å². The quantitative estimate of drug-likeness (QED) is 0.0577. The van der Waals surface area contributed by atoms with Crippen molar-refractivity contribution < 1.29 is 28.5 Å². The minimum Gasteiger partial charge on any atom is -0.361 e. The van der Waals surface area contributed by atoms with E-state index in [0.717, 1.165) is 103 Å². The van der Waals surface area contributed by atoms with Crippen molar-refractivity contribution in [1.29, 1.82) is 0 Å². The summed E-state index contributed by atoms with van der Waals surface area (Å²) in [5, 5.41) is 0. The second-order valence-corrected chi connectivity index (χ2v) is 17.7. The molecular formula is C48H94N4O6. The van der Waals surface area contributed by atoms with Crippen LogP contribution in [0.15, 0.2) is 0 Å². The number of rotatable bonds is 38. The van der Waals surface area contributed by atoms with Gasteiger partial charge in [0.15, 0.2) is 12.3 Å². The largest absolute Gasteiger partial charge is 0.361 e. The number of amides is 4. The van der Waals surface area contributed by atoms with Crippen LogP contribution in [0, 0.1) is 10.8 Å². The number of carbonyl (C=O) groups is 2. The van der Waals surface area contributed by atoms with E-state index in [1.807, 2.05) is 4.90 Å². The molecule has 10 heteroatoms. The average molecular weight is 823 g/mol. The van der Waals surface area contributed by atoms with Crippen molar-refractivity contribution in [3.8, 4) is 0 Å². The number of carbonyl (C=O) groups excluding carboxylic acids is 2. The van der Waals surface area contributed by atoms with E-state index in [0.29, 0.717) is 19.8 Å². The van der Waals surface area contributed by atoms with Crippen LogP contribution in [0.5, 0.6) is 0 Å². The maximum absolute atomic E-state index is 15.0. The van der Waals surface area contributed by atoms with Gasteiger partial charge in [0.25, 0.3) is 0 Å². The van der Waals surface area contributed by atoms with E-state index < -0.39 is 17.9 Å². The van der Waals surface area contributed by atoms with Gasteiger partial charge in [0.1, 0.15) is 26.9 Å². The van der Waals surface area contributed by atoms with E-state index >= 15 is 0 Å². The first-order valence-corrected chi connectivity index (χ1v) is 24.7. The second kappa shape index (κ2) is 28.8. The molecule has 0 aromatic heterocycles. The molecule has 0 N–H and O–H groups in total. The molecule has 0 spiro atoms. The molecule has 0 aliphatic carbocycles. The van der Waals surface area contributed by atoms with Gasteiger partial charge in [-0.15, -0.1) is 0 Å². The van der Waals surface area contributed by atoms with Crippen molar-refractivity contribution >= 4 is 12.1 Å². The minimum absolute atomic E-state index is 0.0605. The zero-order valence-electron chi connectivity index (χ0n) is 39.8. The summed E-state index contributed by atoms with van der Waals surface area (Å²) in [5.74, 6) is 0. The Labute approximate surface area is 358 Å². The molecule has 4 atom stereocenters. The van der Waals surface area contributed by atoms with Crippen molar-refractivity contribution in [3.05, 3.63) is 0 Å². The zero-order valence-corrected chi connectivity index (χ0v) is 39.8. The summed E-state index contributed by atoms with van der Waals surface area (Å²) in [5.41, 5.74) is -0.364. The summed E-state index contributed by atoms with van der Waals surface area (Å²) in [6.45, 7) is 25.0. The van der Waals surface area contributed by atoms with E-state index in [1.54, 1.807) is 14.7 Å². The molecule has 2 aliphatic heterocycles. The van der Waals surface area contributed by atoms with Crippen molar-refractivity contribution in [1.82, 2.24) is 19.6 Å². The van der Waals surface area contributed by atoms with Crippen LogP contribution >= 0.6 is 0 Å². The van der Waals surface area contributed by atoms with Gasteiger partial charge < -0.3 is 18.9 Å². The SMILES string of the molecule is CCCCOCN1C(=O)N(COCCCC)C2C1N(COCCCC)C(=O)N2COC(CCC)(CCCC)C(CCC)(CCCC)C(CCC)(CCCC)CCCC. The summed E-state index contributed by atoms with van der Waals surface area (Å²) in [6, 6.07) is -0.322. The molecule has 2 aliphatic rings. The Morgan fingerprint density at radius 2 is 0.759 bits per heavy atom. The predicted octanol–water partition coefficient (Wildman–Crippen LogP) is 13.3. The Kier molecular flexibility index (Phi) is 26.1. The molecular weight excluding hydrogens is 729 g/mol. The summed E-state index contributed by atoms with van der Waals surface area (Å²) in [4.78, 5) is 36.6. The molecule has 2 heterocycles. The smallest absolute Gasteiger partial charge is 0.327 e. The van der Waals surface area contributed by atoms with Crippen LogP contribution in [0.2, 0.25) is 0 Å². The summed E-state index contributed by atoms with van der Waals surface area (Å²) < 4.78 is 26.3. The van der Waals surface area contributed by atoms with Crippen LogP contribution < -0.4 is 0 Å². The number of hydrogen-bond donors (Lipinski definition) is 0. The Morgan fingerprint density at radius 3 is 1.14 bits per heavy atom. The van der Waals surface area contributed by atoms with Gasteiger partial charge in [-0.3, -0.25) is 19.6 Å². The van der Waals surface area contributed by atoms with Gasteiger partial charge in [-0.2, -0.15) is 0 Å². The summed E-state index contributed by atoms with van der Waals surface area (Å²) in [7, 11) is 0. The maximum Gasteiger partial charge on any atom is 0.327 e. The van der Waals surface area contributed by atoms with E-state index in [2.05, 4.69) is 69.2 Å². The van der Waals surface area contributed by atoms with Gasteiger partial charge in [0.05, 0.1) is 5.60 Å². The molecule has 2 rings (SSSR count). The molecule has 0 saturated carbocycles. The molecule has 342 valence electrons. The highest BCUT2D eigenvalue weighted by Gasteiger charge is 2.63. The van der Waals surface area contributed by atoms with Crippen molar-refractivity contribution in [2.24, 2.45) is 10.8 Å². The fraction of sp³-hybridized carbons (Fsp3) is 0.958. The Bertz CT molecular complexity index is 1080. The lowest BCUT2D eigenvalue weighted by Crippen LogP contribution is -2.61. The lowest BCUT2D eigenvalue weighted by Gasteiger charge is -2.62. The summed E-state index contributed by atoms with van der Waals surface area (Å²) >= 11 is 0. The highest BCUT2D eigenvalue weighted by atomic mass is 16.5. The molecule has 0 aromatic rings. The first-order valence-electron chi connectivity index (χ1n) is 24.7. The third kappa shape index (κ3) is 13.2. The monoisotopic (exact) mass is 823 g/mol. The average Bonchev–Trinajstić information content (AvgIpc) is 3.64. The second-order valence-electron chi connectivity index (χ2n) is 17.7. The van der Waals surface area contributed by atoms with Crippen molar-refractivity contribution in [3.63, 3.8) is 0 Å². The first-order chi connectivity index (χ1) is 28.2. The van der Waals surface area contributed by atoms with Gasteiger partial charge in [0.2, 0.25) is 0 Å². The highest BCUT2D eigenvalue weighted by Crippen LogP contribution is 2.64. The third-order valence-corrected chi connectivity index (χ3v) is 13.5. The molecule has 0 aromatic carbocycles. The van der Waals surface area contributed by atoms with Gasteiger partial charge in [-0.1, -0.05) is 159 Å². The Balaban J connectivity index is 2.86.